The van der Waals surface area contributed by atoms with E-state index in [-0.39, 0.29) is 18.6 Å². The third-order valence-corrected chi connectivity index (χ3v) is 3.52. The quantitative estimate of drug-likeness (QED) is 0.928. The van der Waals surface area contributed by atoms with Crippen LogP contribution in [0.15, 0.2) is 24.3 Å². The SMILES string of the molecule is CC(C)N1C(=O)COC(C(=O)O)C1c1ccc(Cl)cc1. The van der Waals surface area contributed by atoms with E-state index in [2.05, 4.69) is 0 Å². The molecule has 2 unspecified atom stereocenters. The largest absolute Gasteiger partial charge is 0.479 e. The average Bonchev–Trinajstić information content (AvgIpc) is 2.38. The maximum absolute atomic E-state index is 12.0. The lowest BCUT2D eigenvalue weighted by Gasteiger charge is -2.41. The van der Waals surface area contributed by atoms with Crippen molar-refractivity contribution in [1.82, 2.24) is 4.90 Å². The number of carbonyl (C=O) groups excluding carboxylic acids is 1. The highest BCUT2D eigenvalue weighted by Gasteiger charge is 2.42. The molecule has 0 spiro atoms. The monoisotopic (exact) mass is 297 g/mol. The molecule has 5 nitrogen and oxygen atoms in total. The van der Waals surface area contributed by atoms with Crippen LogP contribution in [-0.2, 0) is 14.3 Å². The van der Waals surface area contributed by atoms with Crippen molar-refractivity contribution in [2.75, 3.05) is 6.61 Å². The molecule has 0 radical (unpaired) electrons. The molecule has 108 valence electrons. The van der Waals surface area contributed by atoms with Gasteiger partial charge in [0.05, 0.1) is 6.04 Å². The first-order chi connectivity index (χ1) is 9.41. The van der Waals surface area contributed by atoms with E-state index in [0.29, 0.717) is 10.6 Å². The Balaban J connectivity index is 2.45. The van der Waals surface area contributed by atoms with Gasteiger partial charge in [0.2, 0.25) is 5.91 Å². The Labute approximate surface area is 122 Å². The summed E-state index contributed by atoms with van der Waals surface area (Å²) in [5, 5.41) is 9.88. The zero-order valence-corrected chi connectivity index (χ0v) is 12.0. The summed E-state index contributed by atoms with van der Waals surface area (Å²) in [5.74, 6) is -1.29. The van der Waals surface area contributed by atoms with Crippen molar-refractivity contribution < 1.29 is 19.4 Å². The Bertz CT molecular complexity index is 514. The molecule has 6 heteroatoms. The summed E-state index contributed by atoms with van der Waals surface area (Å²) in [4.78, 5) is 25.0. The number of rotatable bonds is 3. The average molecular weight is 298 g/mol. The van der Waals surface area contributed by atoms with Crippen LogP contribution in [0.5, 0.6) is 0 Å². The van der Waals surface area contributed by atoms with Gasteiger partial charge in [-0.05, 0) is 31.5 Å². The maximum atomic E-state index is 12.0. The molecule has 2 rings (SSSR count). The Morgan fingerprint density at radius 1 is 1.40 bits per heavy atom. The van der Waals surface area contributed by atoms with Gasteiger partial charge in [0.1, 0.15) is 6.61 Å². The fourth-order valence-corrected chi connectivity index (χ4v) is 2.56. The molecular weight excluding hydrogens is 282 g/mol. The zero-order chi connectivity index (χ0) is 14.9. The summed E-state index contributed by atoms with van der Waals surface area (Å²) in [6.45, 7) is 3.50. The van der Waals surface area contributed by atoms with Gasteiger partial charge >= 0.3 is 5.97 Å². The van der Waals surface area contributed by atoms with Crippen LogP contribution in [0, 0.1) is 0 Å². The number of hydrogen-bond donors (Lipinski definition) is 1. The predicted molar refractivity (Wildman–Crippen MR) is 73.6 cm³/mol. The molecule has 1 aliphatic heterocycles. The second-order valence-corrected chi connectivity index (χ2v) is 5.40. The van der Waals surface area contributed by atoms with Crippen LogP contribution in [0.1, 0.15) is 25.5 Å². The van der Waals surface area contributed by atoms with Gasteiger partial charge in [-0.1, -0.05) is 23.7 Å². The predicted octanol–water partition coefficient (Wildman–Crippen LogP) is 2.10. The van der Waals surface area contributed by atoms with Crippen LogP contribution in [0.2, 0.25) is 5.02 Å². The second-order valence-electron chi connectivity index (χ2n) is 4.96. The molecule has 0 bridgehead atoms. The van der Waals surface area contributed by atoms with Crippen LogP contribution in [0.4, 0.5) is 0 Å². The smallest absolute Gasteiger partial charge is 0.335 e. The molecule has 0 aromatic heterocycles. The van der Waals surface area contributed by atoms with Crippen LogP contribution in [-0.4, -0.2) is 40.6 Å². The number of ether oxygens (including phenoxy) is 1. The molecule has 0 aliphatic carbocycles. The van der Waals surface area contributed by atoms with E-state index in [4.69, 9.17) is 16.3 Å². The molecule has 1 aromatic carbocycles. The van der Waals surface area contributed by atoms with Gasteiger partial charge in [-0.15, -0.1) is 0 Å². The minimum Gasteiger partial charge on any atom is -0.479 e. The fourth-order valence-electron chi connectivity index (χ4n) is 2.44. The van der Waals surface area contributed by atoms with Crippen LogP contribution in [0.25, 0.3) is 0 Å². The number of amides is 1. The van der Waals surface area contributed by atoms with E-state index >= 15 is 0 Å². The molecule has 1 amide bonds. The molecule has 20 heavy (non-hydrogen) atoms. The summed E-state index contributed by atoms with van der Waals surface area (Å²) in [6, 6.07) is 6.03. The molecule has 1 N–H and O–H groups in total. The second kappa shape index (κ2) is 5.81. The molecule has 1 fully saturated rings. The van der Waals surface area contributed by atoms with Crippen molar-refractivity contribution in [3.8, 4) is 0 Å². The fraction of sp³-hybridized carbons (Fsp3) is 0.429. The Kier molecular flexibility index (Phi) is 4.30. The third kappa shape index (κ3) is 2.78. The lowest BCUT2D eigenvalue weighted by Crippen LogP contribution is -2.54. The van der Waals surface area contributed by atoms with E-state index in [9.17, 15) is 14.7 Å². The highest BCUT2D eigenvalue weighted by molar-refractivity contribution is 6.30. The first-order valence-electron chi connectivity index (χ1n) is 6.33. The highest BCUT2D eigenvalue weighted by Crippen LogP contribution is 2.32. The zero-order valence-electron chi connectivity index (χ0n) is 11.2. The molecule has 0 saturated carbocycles. The minimum atomic E-state index is -1.08. The summed E-state index contributed by atoms with van der Waals surface area (Å²) in [5.41, 5.74) is 0.698. The summed E-state index contributed by atoms with van der Waals surface area (Å²) in [6.07, 6.45) is -1.07. The standard InChI is InChI=1S/C14H16ClNO4/c1-8(2)16-11(17)7-20-13(14(18)19)12(16)9-3-5-10(15)6-4-9/h3-6,8,12-13H,7H2,1-2H3,(H,18,19). The number of morpholine rings is 1. The van der Waals surface area contributed by atoms with E-state index in [1.807, 2.05) is 13.8 Å². The number of aliphatic carboxylic acids is 1. The van der Waals surface area contributed by atoms with E-state index < -0.39 is 18.1 Å². The molecule has 1 heterocycles. The molecule has 1 saturated heterocycles. The van der Waals surface area contributed by atoms with E-state index in [1.165, 1.54) is 0 Å². The number of hydrogen-bond acceptors (Lipinski definition) is 3. The van der Waals surface area contributed by atoms with Gasteiger partial charge in [0.25, 0.3) is 0 Å². The van der Waals surface area contributed by atoms with Crippen molar-refractivity contribution in [3.63, 3.8) is 0 Å². The number of nitrogens with zero attached hydrogens (tertiary/aromatic N) is 1. The van der Waals surface area contributed by atoms with Crippen molar-refractivity contribution in [3.05, 3.63) is 34.9 Å². The summed E-state index contributed by atoms with van der Waals surface area (Å²) in [7, 11) is 0. The van der Waals surface area contributed by atoms with E-state index in [0.717, 1.165) is 0 Å². The number of halogens is 1. The van der Waals surface area contributed by atoms with E-state index in [1.54, 1.807) is 29.2 Å². The normalized spacial score (nSPS) is 23.2. The van der Waals surface area contributed by atoms with Crippen LogP contribution >= 0.6 is 11.6 Å². The van der Waals surface area contributed by atoms with Crippen LogP contribution in [0.3, 0.4) is 0 Å². The number of carbonyl (C=O) groups is 2. The number of carboxylic acid groups (broad SMARTS) is 1. The first-order valence-corrected chi connectivity index (χ1v) is 6.70. The van der Waals surface area contributed by atoms with Gasteiger partial charge in [-0.3, -0.25) is 4.79 Å². The van der Waals surface area contributed by atoms with Crippen LogP contribution < -0.4 is 0 Å². The molecular formula is C14H16ClNO4. The Morgan fingerprint density at radius 3 is 2.50 bits per heavy atom. The third-order valence-electron chi connectivity index (χ3n) is 3.27. The van der Waals surface area contributed by atoms with Crippen molar-refractivity contribution in [1.29, 1.82) is 0 Å². The minimum absolute atomic E-state index is 0.117. The summed E-state index contributed by atoms with van der Waals surface area (Å²) < 4.78 is 5.21. The molecule has 1 aromatic rings. The topological polar surface area (TPSA) is 66.8 Å². The van der Waals surface area contributed by atoms with Gasteiger partial charge in [0.15, 0.2) is 6.10 Å². The Morgan fingerprint density at radius 2 is 2.00 bits per heavy atom. The van der Waals surface area contributed by atoms with Crippen molar-refractivity contribution >= 4 is 23.5 Å². The van der Waals surface area contributed by atoms with Gasteiger partial charge in [0, 0.05) is 11.1 Å². The van der Waals surface area contributed by atoms with Crippen molar-refractivity contribution in [2.24, 2.45) is 0 Å². The highest BCUT2D eigenvalue weighted by atomic mass is 35.5. The lowest BCUT2D eigenvalue weighted by molar-refractivity contribution is -0.175. The number of benzene rings is 1. The summed E-state index contributed by atoms with van der Waals surface area (Å²) >= 11 is 5.85. The van der Waals surface area contributed by atoms with Gasteiger partial charge in [-0.2, -0.15) is 0 Å². The lowest BCUT2D eigenvalue weighted by atomic mass is 9.96. The first kappa shape index (κ1) is 14.8. The van der Waals surface area contributed by atoms with Gasteiger partial charge in [-0.25, -0.2) is 4.79 Å². The molecule has 1 aliphatic rings. The maximum Gasteiger partial charge on any atom is 0.335 e. The molecule has 2 atom stereocenters. The number of carboxylic acids is 1. The van der Waals surface area contributed by atoms with Crippen molar-refractivity contribution in [2.45, 2.75) is 32.0 Å². The Hall–Kier alpha value is -1.59. The van der Waals surface area contributed by atoms with Gasteiger partial charge < -0.3 is 14.7 Å².